The molecule has 7 heteroatoms. The number of carboxylic acid groups (broad SMARTS) is 1. The number of hydrogen-bond donors (Lipinski definition) is 1. The first kappa shape index (κ1) is 28.8. The van der Waals surface area contributed by atoms with Crippen molar-refractivity contribution in [3.63, 3.8) is 0 Å². The van der Waals surface area contributed by atoms with Crippen molar-refractivity contribution in [1.82, 2.24) is 4.90 Å². The number of amides is 1. The van der Waals surface area contributed by atoms with Gasteiger partial charge in [-0.2, -0.15) is 0 Å². The van der Waals surface area contributed by atoms with Crippen LogP contribution >= 0.6 is 0 Å². The summed E-state index contributed by atoms with van der Waals surface area (Å²) in [4.78, 5) is 25.7. The summed E-state index contributed by atoms with van der Waals surface area (Å²) < 4.78 is 16.6. The standard InChI is InChI=1S/C26H43NO6/c1-5-9-17-33-26(30)27(20-22(10-6-2)11-7-3)16-18-32-23-14-12-21(13-15-23)19-24(25(28)29)31-8-4/h12-15,22,24H,5-11,16-20H2,1-4H3,(H,28,29). The predicted molar refractivity (Wildman–Crippen MR) is 130 cm³/mol. The first-order valence-corrected chi connectivity index (χ1v) is 12.4. The Balaban J connectivity index is 2.66. The third kappa shape index (κ3) is 11.9. The Morgan fingerprint density at radius 1 is 0.970 bits per heavy atom. The van der Waals surface area contributed by atoms with E-state index in [1.54, 1.807) is 11.8 Å². The van der Waals surface area contributed by atoms with Crippen LogP contribution in [0.4, 0.5) is 4.79 Å². The van der Waals surface area contributed by atoms with Crippen LogP contribution in [-0.4, -0.2) is 61.1 Å². The number of hydrogen-bond acceptors (Lipinski definition) is 5. The van der Waals surface area contributed by atoms with E-state index in [1.165, 1.54) is 0 Å². The van der Waals surface area contributed by atoms with E-state index in [4.69, 9.17) is 14.2 Å². The fourth-order valence-electron chi connectivity index (χ4n) is 3.74. The van der Waals surface area contributed by atoms with Crippen molar-refractivity contribution in [2.75, 3.05) is 32.9 Å². The maximum absolute atomic E-state index is 12.6. The summed E-state index contributed by atoms with van der Waals surface area (Å²) in [7, 11) is 0. The Bertz CT molecular complexity index is 657. The Morgan fingerprint density at radius 3 is 2.18 bits per heavy atom. The zero-order valence-electron chi connectivity index (χ0n) is 20.9. The second kappa shape index (κ2) is 17.2. The molecule has 0 fully saturated rings. The summed E-state index contributed by atoms with van der Waals surface area (Å²) in [6.07, 6.45) is 5.40. The molecular formula is C26H43NO6. The first-order valence-electron chi connectivity index (χ1n) is 12.4. The summed E-state index contributed by atoms with van der Waals surface area (Å²) in [5.74, 6) is 0.179. The average molecular weight is 466 g/mol. The molecule has 0 heterocycles. The molecule has 1 unspecified atom stereocenters. The molecule has 1 aromatic rings. The lowest BCUT2D eigenvalue weighted by Gasteiger charge is -2.27. The monoisotopic (exact) mass is 465 g/mol. The Kier molecular flexibility index (Phi) is 15.0. The molecule has 0 aromatic heterocycles. The van der Waals surface area contributed by atoms with Gasteiger partial charge >= 0.3 is 12.1 Å². The lowest BCUT2D eigenvalue weighted by molar-refractivity contribution is -0.149. The van der Waals surface area contributed by atoms with Crippen LogP contribution in [0.25, 0.3) is 0 Å². The molecule has 1 amide bonds. The lowest BCUT2D eigenvalue weighted by atomic mass is 9.98. The minimum Gasteiger partial charge on any atom is -0.492 e. The SMILES string of the molecule is CCCCOC(=O)N(CCOc1ccc(CC(OCC)C(=O)O)cc1)CC(CCC)CCC. The molecule has 0 radical (unpaired) electrons. The van der Waals surface area contributed by atoms with Crippen LogP contribution in [0.15, 0.2) is 24.3 Å². The van der Waals surface area contributed by atoms with Crippen LogP contribution in [0, 0.1) is 5.92 Å². The van der Waals surface area contributed by atoms with Crippen molar-refractivity contribution in [2.45, 2.75) is 78.7 Å². The highest BCUT2D eigenvalue weighted by atomic mass is 16.6. The Hall–Kier alpha value is -2.28. The third-order valence-electron chi connectivity index (χ3n) is 5.47. The highest BCUT2D eigenvalue weighted by Crippen LogP contribution is 2.17. The second-order valence-electron chi connectivity index (χ2n) is 8.34. The molecule has 0 aliphatic heterocycles. The van der Waals surface area contributed by atoms with Gasteiger partial charge in [0.1, 0.15) is 12.4 Å². The molecule has 1 N–H and O–H groups in total. The van der Waals surface area contributed by atoms with Gasteiger partial charge in [0.2, 0.25) is 0 Å². The number of carboxylic acids is 1. The van der Waals surface area contributed by atoms with Crippen molar-refractivity contribution < 1.29 is 28.9 Å². The maximum atomic E-state index is 12.6. The number of ether oxygens (including phenoxy) is 3. The van der Waals surface area contributed by atoms with Crippen molar-refractivity contribution in [3.8, 4) is 5.75 Å². The number of benzene rings is 1. The van der Waals surface area contributed by atoms with E-state index < -0.39 is 12.1 Å². The molecule has 0 aliphatic rings. The zero-order chi connectivity index (χ0) is 24.5. The fraction of sp³-hybridized carbons (Fsp3) is 0.692. The molecule has 1 rings (SSSR count). The van der Waals surface area contributed by atoms with Gasteiger partial charge in [-0.1, -0.05) is 52.2 Å². The molecular weight excluding hydrogens is 422 g/mol. The van der Waals surface area contributed by atoms with Gasteiger partial charge < -0.3 is 24.2 Å². The highest BCUT2D eigenvalue weighted by Gasteiger charge is 2.20. The van der Waals surface area contributed by atoms with Gasteiger partial charge in [-0.15, -0.1) is 0 Å². The van der Waals surface area contributed by atoms with E-state index in [0.29, 0.717) is 51.0 Å². The number of aliphatic carboxylic acids is 1. The van der Waals surface area contributed by atoms with Gasteiger partial charge in [0.25, 0.3) is 0 Å². The number of carbonyl (C=O) groups excluding carboxylic acids is 1. The van der Waals surface area contributed by atoms with Crippen LogP contribution in [0.5, 0.6) is 5.75 Å². The Labute approximate surface area is 199 Å². The van der Waals surface area contributed by atoms with Crippen LogP contribution in [-0.2, 0) is 20.7 Å². The van der Waals surface area contributed by atoms with Crippen LogP contribution < -0.4 is 4.74 Å². The molecule has 7 nitrogen and oxygen atoms in total. The fourth-order valence-corrected chi connectivity index (χ4v) is 3.74. The molecule has 0 bridgehead atoms. The van der Waals surface area contributed by atoms with Crippen molar-refractivity contribution in [2.24, 2.45) is 5.92 Å². The smallest absolute Gasteiger partial charge is 0.409 e. The summed E-state index contributed by atoms with van der Waals surface area (Å²) in [6, 6.07) is 7.33. The molecule has 33 heavy (non-hydrogen) atoms. The largest absolute Gasteiger partial charge is 0.492 e. The molecule has 0 saturated heterocycles. The number of rotatable bonds is 18. The van der Waals surface area contributed by atoms with E-state index in [1.807, 2.05) is 24.3 Å². The summed E-state index contributed by atoms with van der Waals surface area (Å²) >= 11 is 0. The van der Waals surface area contributed by atoms with Crippen molar-refractivity contribution >= 4 is 12.1 Å². The lowest BCUT2D eigenvalue weighted by Crippen LogP contribution is -2.39. The van der Waals surface area contributed by atoms with E-state index in [2.05, 4.69) is 20.8 Å². The summed E-state index contributed by atoms with van der Waals surface area (Å²) in [6.45, 7) is 10.5. The molecule has 188 valence electrons. The maximum Gasteiger partial charge on any atom is 0.409 e. The van der Waals surface area contributed by atoms with Gasteiger partial charge in [0, 0.05) is 19.6 Å². The Morgan fingerprint density at radius 2 is 1.64 bits per heavy atom. The summed E-state index contributed by atoms with van der Waals surface area (Å²) in [5, 5.41) is 9.24. The van der Waals surface area contributed by atoms with Crippen molar-refractivity contribution in [1.29, 1.82) is 0 Å². The van der Waals surface area contributed by atoms with Crippen molar-refractivity contribution in [3.05, 3.63) is 29.8 Å². The van der Waals surface area contributed by atoms with Crippen LogP contribution in [0.3, 0.4) is 0 Å². The van der Waals surface area contributed by atoms with Crippen LogP contribution in [0.1, 0.15) is 71.8 Å². The second-order valence-corrected chi connectivity index (χ2v) is 8.34. The molecule has 0 spiro atoms. The molecule has 0 saturated carbocycles. The summed E-state index contributed by atoms with van der Waals surface area (Å²) in [5.41, 5.74) is 0.867. The number of unbranched alkanes of at least 4 members (excludes halogenated alkanes) is 1. The van der Waals surface area contributed by atoms with Gasteiger partial charge in [-0.3, -0.25) is 0 Å². The molecule has 1 atom stereocenters. The zero-order valence-corrected chi connectivity index (χ0v) is 20.9. The molecule has 0 aliphatic carbocycles. The number of carbonyl (C=O) groups is 2. The van der Waals surface area contributed by atoms with Crippen LogP contribution in [0.2, 0.25) is 0 Å². The third-order valence-corrected chi connectivity index (χ3v) is 5.47. The minimum atomic E-state index is -0.965. The topological polar surface area (TPSA) is 85.3 Å². The minimum absolute atomic E-state index is 0.268. The van der Waals surface area contributed by atoms with Gasteiger partial charge in [-0.05, 0) is 49.8 Å². The van der Waals surface area contributed by atoms with E-state index >= 15 is 0 Å². The predicted octanol–water partition coefficient (Wildman–Crippen LogP) is 5.55. The van der Waals surface area contributed by atoms with Gasteiger partial charge in [0.15, 0.2) is 6.10 Å². The molecule has 1 aromatic carbocycles. The van der Waals surface area contributed by atoms with E-state index in [9.17, 15) is 14.7 Å². The van der Waals surface area contributed by atoms with E-state index in [-0.39, 0.29) is 6.09 Å². The van der Waals surface area contributed by atoms with Gasteiger partial charge in [-0.25, -0.2) is 9.59 Å². The quantitative estimate of drug-likeness (QED) is 0.286. The van der Waals surface area contributed by atoms with Gasteiger partial charge in [0.05, 0.1) is 13.2 Å². The first-order chi connectivity index (χ1) is 15.9. The number of nitrogens with zero attached hydrogens (tertiary/aromatic N) is 1. The normalized spacial score (nSPS) is 11.9. The average Bonchev–Trinajstić information content (AvgIpc) is 2.79. The highest BCUT2D eigenvalue weighted by molar-refractivity contribution is 5.72. The van der Waals surface area contributed by atoms with E-state index in [0.717, 1.165) is 44.1 Å².